The zero-order valence-corrected chi connectivity index (χ0v) is 14.3. The molecular weight excluding hydrogens is 288 g/mol. The molecule has 0 aromatic carbocycles. The second-order valence-corrected chi connectivity index (χ2v) is 7.00. The fraction of sp³-hybridized carbons (Fsp3) is 0.647. The van der Waals surface area contributed by atoms with E-state index in [-0.39, 0.29) is 0 Å². The molecule has 23 heavy (non-hydrogen) atoms. The van der Waals surface area contributed by atoms with E-state index in [2.05, 4.69) is 46.8 Å². The zero-order valence-electron chi connectivity index (χ0n) is 14.3. The van der Waals surface area contributed by atoms with Crippen molar-refractivity contribution in [3.63, 3.8) is 0 Å². The maximum Gasteiger partial charge on any atom is 0.160 e. The van der Waals surface area contributed by atoms with E-state index in [1.54, 1.807) is 0 Å². The molecule has 1 unspecified atom stereocenters. The van der Waals surface area contributed by atoms with Crippen LogP contribution in [0.15, 0.2) is 6.07 Å². The summed E-state index contributed by atoms with van der Waals surface area (Å²) < 4.78 is 2.06. The number of aromatic nitrogens is 3. The van der Waals surface area contributed by atoms with E-state index in [9.17, 15) is 0 Å². The van der Waals surface area contributed by atoms with Gasteiger partial charge in [0.15, 0.2) is 5.65 Å². The highest BCUT2D eigenvalue weighted by Crippen LogP contribution is 2.34. The molecule has 1 N–H and O–H groups in total. The summed E-state index contributed by atoms with van der Waals surface area (Å²) in [5.74, 6) is 2.30. The van der Waals surface area contributed by atoms with E-state index in [0.29, 0.717) is 6.04 Å². The van der Waals surface area contributed by atoms with Gasteiger partial charge in [-0.25, -0.2) is 4.98 Å². The van der Waals surface area contributed by atoms with Crippen molar-refractivity contribution in [3.8, 4) is 0 Å². The van der Waals surface area contributed by atoms with Crippen LogP contribution in [-0.4, -0.2) is 48.8 Å². The summed E-state index contributed by atoms with van der Waals surface area (Å²) in [6.07, 6.45) is 5.97. The molecule has 0 radical (unpaired) electrons. The molecule has 4 rings (SSSR count). The Labute approximate surface area is 137 Å². The average molecular weight is 314 g/mol. The van der Waals surface area contributed by atoms with E-state index in [4.69, 9.17) is 10.1 Å². The Morgan fingerprint density at radius 3 is 2.87 bits per heavy atom. The van der Waals surface area contributed by atoms with Crippen LogP contribution in [0.4, 0.5) is 11.6 Å². The van der Waals surface area contributed by atoms with E-state index >= 15 is 0 Å². The van der Waals surface area contributed by atoms with Gasteiger partial charge in [-0.1, -0.05) is 6.42 Å². The Kier molecular flexibility index (Phi) is 3.64. The van der Waals surface area contributed by atoms with Crippen molar-refractivity contribution in [2.75, 3.05) is 44.0 Å². The summed E-state index contributed by atoms with van der Waals surface area (Å²) in [6.45, 7) is 2.17. The molecule has 0 saturated carbocycles. The van der Waals surface area contributed by atoms with Crippen LogP contribution in [0, 0.1) is 0 Å². The van der Waals surface area contributed by atoms with Crippen LogP contribution in [0.1, 0.15) is 43.0 Å². The van der Waals surface area contributed by atoms with Gasteiger partial charge in [-0.05, 0) is 32.2 Å². The lowest BCUT2D eigenvalue weighted by Crippen LogP contribution is -2.30. The number of hydrogen-bond donors (Lipinski definition) is 1. The van der Waals surface area contributed by atoms with Crippen molar-refractivity contribution in [2.45, 2.75) is 38.1 Å². The van der Waals surface area contributed by atoms with Gasteiger partial charge in [0.1, 0.15) is 11.6 Å². The molecule has 6 heteroatoms. The molecule has 1 atom stereocenters. The molecule has 0 amide bonds. The predicted octanol–water partition coefficient (Wildman–Crippen LogP) is 1.99. The zero-order chi connectivity index (χ0) is 16.0. The topological polar surface area (TPSA) is 48.7 Å². The van der Waals surface area contributed by atoms with E-state index < -0.39 is 0 Å². The molecule has 1 fully saturated rings. The van der Waals surface area contributed by atoms with Crippen molar-refractivity contribution in [2.24, 2.45) is 0 Å². The fourth-order valence-electron chi connectivity index (χ4n) is 3.89. The standard InChI is InChI=1S/C17H26N6/c1-21(2)16-12-7-6-10-22(3)17(12)23-15(19-16)11-14(20-23)13-8-4-5-9-18-13/h11,13,18H,4-10H2,1-3H3. The molecule has 0 bridgehead atoms. The van der Waals surface area contributed by atoms with Crippen molar-refractivity contribution in [1.29, 1.82) is 0 Å². The normalized spacial score (nSPS) is 21.5. The first-order valence-corrected chi connectivity index (χ1v) is 8.69. The number of fused-ring (bicyclic) bond motifs is 3. The van der Waals surface area contributed by atoms with Crippen molar-refractivity contribution in [1.82, 2.24) is 19.9 Å². The summed E-state index contributed by atoms with van der Waals surface area (Å²) >= 11 is 0. The maximum absolute atomic E-state index is 4.93. The van der Waals surface area contributed by atoms with Crippen molar-refractivity contribution < 1.29 is 0 Å². The monoisotopic (exact) mass is 314 g/mol. The summed E-state index contributed by atoms with van der Waals surface area (Å²) in [4.78, 5) is 9.36. The largest absolute Gasteiger partial charge is 0.362 e. The first kappa shape index (κ1) is 14.8. The van der Waals surface area contributed by atoms with Gasteiger partial charge in [0.25, 0.3) is 0 Å². The van der Waals surface area contributed by atoms with Gasteiger partial charge in [-0.2, -0.15) is 9.61 Å². The quantitative estimate of drug-likeness (QED) is 0.919. The average Bonchev–Trinajstić information content (AvgIpc) is 2.98. The number of rotatable bonds is 2. The highest BCUT2D eigenvalue weighted by molar-refractivity contribution is 5.67. The number of anilines is 2. The second-order valence-electron chi connectivity index (χ2n) is 7.00. The number of hydrogen-bond acceptors (Lipinski definition) is 5. The molecule has 124 valence electrons. The number of piperidine rings is 1. The Balaban J connectivity index is 1.88. The number of nitrogens with zero attached hydrogens (tertiary/aromatic N) is 5. The van der Waals surface area contributed by atoms with E-state index in [1.165, 1.54) is 37.1 Å². The van der Waals surface area contributed by atoms with Crippen molar-refractivity contribution in [3.05, 3.63) is 17.3 Å². The lowest BCUT2D eigenvalue weighted by molar-refractivity contribution is 0.404. The Morgan fingerprint density at radius 2 is 2.13 bits per heavy atom. The van der Waals surface area contributed by atoms with Gasteiger partial charge in [0, 0.05) is 39.3 Å². The lowest BCUT2D eigenvalue weighted by Gasteiger charge is -2.30. The van der Waals surface area contributed by atoms with Crippen LogP contribution in [0.5, 0.6) is 0 Å². The molecule has 0 spiro atoms. The highest BCUT2D eigenvalue weighted by Gasteiger charge is 2.26. The molecule has 4 heterocycles. The lowest BCUT2D eigenvalue weighted by atomic mass is 10.0. The van der Waals surface area contributed by atoms with Crippen LogP contribution < -0.4 is 15.1 Å². The first-order valence-electron chi connectivity index (χ1n) is 8.69. The van der Waals surface area contributed by atoms with E-state index in [0.717, 1.165) is 36.7 Å². The van der Waals surface area contributed by atoms with Crippen LogP contribution in [0.25, 0.3) is 5.65 Å². The maximum atomic E-state index is 4.93. The minimum Gasteiger partial charge on any atom is -0.362 e. The van der Waals surface area contributed by atoms with Gasteiger partial charge in [0.05, 0.1) is 11.7 Å². The van der Waals surface area contributed by atoms with E-state index in [1.807, 2.05) is 0 Å². The summed E-state index contributed by atoms with van der Waals surface area (Å²) in [5, 5.41) is 8.53. The van der Waals surface area contributed by atoms with Gasteiger partial charge in [-0.3, -0.25) is 0 Å². The van der Waals surface area contributed by atoms with Gasteiger partial charge >= 0.3 is 0 Å². The fourth-order valence-corrected chi connectivity index (χ4v) is 3.89. The highest BCUT2D eigenvalue weighted by atomic mass is 15.4. The van der Waals surface area contributed by atoms with Gasteiger partial charge in [0.2, 0.25) is 0 Å². The predicted molar refractivity (Wildman–Crippen MR) is 93.5 cm³/mol. The molecular formula is C17H26N6. The Hall–Kier alpha value is -1.82. The molecule has 2 aromatic heterocycles. The second kappa shape index (κ2) is 5.67. The third kappa shape index (κ3) is 2.45. The molecule has 6 nitrogen and oxygen atoms in total. The smallest absolute Gasteiger partial charge is 0.160 e. The molecule has 1 saturated heterocycles. The minimum atomic E-state index is 0.373. The van der Waals surface area contributed by atoms with Crippen LogP contribution >= 0.6 is 0 Å². The summed E-state index contributed by atoms with van der Waals surface area (Å²) in [6, 6.07) is 2.54. The third-order valence-electron chi connectivity index (χ3n) is 5.04. The minimum absolute atomic E-state index is 0.373. The Bertz CT molecular complexity index is 713. The summed E-state index contributed by atoms with van der Waals surface area (Å²) in [7, 11) is 6.32. The Morgan fingerprint density at radius 1 is 1.26 bits per heavy atom. The molecule has 2 aliphatic rings. The first-order chi connectivity index (χ1) is 11.1. The molecule has 2 aromatic rings. The van der Waals surface area contributed by atoms with Crippen LogP contribution in [-0.2, 0) is 6.42 Å². The third-order valence-corrected chi connectivity index (χ3v) is 5.04. The number of nitrogens with one attached hydrogen (secondary N) is 1. The van der Waals surface area contributed by atoms with Crippen LogP contribution in [0.3, 0.4) is 0 Å². The molecule has 0 aliphatic carbocycles. The van der Waals surface area contributed by atoms with Crippen LogP contribution in [0.2, 0.25) is 0 Å². The summed E-state index contributed by atoms with van der Waals surface area (Å²) in [5.41, 5.74) is 3.42. The molecule has 2 aliphatic heterocycles. The van der Waals surface area contributed by atoms with Gasteiger partial charge in [-0.15, -0.1) is 0 Å². The SMILES string of the molecule is CN(C)c1nc2cc(C3CCCCN3)nn2c2c1CCCN2C. The van der Waals surface area contributed by atoms with Crippen molar-refractivity contribution >= 4 is 17.3 Å². The van der Waals surface area contributed by atoms with Gasteiger partial charge < -0.3 is 15.1 Å².